The number of nitrogens with two attached hydrogens (primary N) is 1. The van der Waals surface area contributed by atoms with Crippen molar-refractivity contribution in [2.45, 2.75) is 38.0 Å². The van der Waals surface area contributed by atoms with Gasteiger partial charge in [0.1, 0.15) is 0 Å². The van der Waals surface area contributed by atoms with Crippen LogP contribution in [0.5, 0.6) is 0 Å². The number of carboxylic acids is 2. The van der Waals surface area contributed by atoms with Crippen LogP contribution < -0.4 is 11.1 Å². The lowest BCUT2D eigenvalue weighted by atomic mass is 9.97. The van der Waals surface area contributed by atoms with Crippen LogP contribution in [0.2, 0.25) is 0 Å². The van der Waals surface area contributed by atoms with Gasteiger partial charge in [-0.2, -0.15) is 26.3 Å². The molecular weight excluding hydrogens is 366 g/mol. The van der Waals surface area contributed by atoms with Crippen molar-refractivity contribution in [3.63, 3.8) is 0 Å². The lowest BCUT2D eigenvalue weighted by molar-refractivity contribution is -0.193. The molecule has 0 aromatic rings. The van der Waals surface area contributed by atoms with Gasteiger partial charge < -0.3 is 21.3 Å². The number of carbonyl (C=O) groups is 3. The van der Waals surface area contributed by atoms with Gasteiger partial charge >= 0.3 is 24.3 Å². The minimum Gasteiger partial charge on any atom is -0.475 e. The largest absolute Gasteiger partial charge is 0.490 e. The predicted molar refractivity (Wildman–Crippen MR) is 71.4 cm³/mol. The monoisotopic (exact) mass is 384 g/mol. The maximum absolute atomic E-state index is 10.6. The van der Waals surface area contributed by atoms with Crippen LogP contribution >= 0.6 is 0 Å². The molecule has 7 nitrogen and oxygen atoms in total. The van der Waals surface area contributed by atoms with Crippen LogP contribution in [-0.4, -0.2) is 53.5 Å². The van der Waals surface area contributed by atoms with E-state index >= 15 is 0 Å². The quantitative estimate of drug-likeness (QED) is 0.534. The summed E-state index contributed by atoms with van der Waals surface area (Å²) in [6.45, 7) is 2.13. The van der Waals surface area contributed by atoms with Gasteiger partial charge in [0.2, 0.25) is 5.91 Å². The van der Waals surface area contributed by atoms with E-state index in [9.17, 15) is 31.1 Å². The summed E-state index contributed by atoms with van der Waals surface area (Å²) in [5.74, 6) is -5.14. The number of nitrogens with one attached hydrogen (secondary N) is 1. The zero-order valence-corrected chi connectivity index (χ0v) is 12.8. The summed E-state index contributed by atoms with van der Waals surface area (Å²) in [7, 11) is 0. The van der Waals surface area contributed by atoms with Gasteiger partial charge in [0, 0.05) is 6.42 Å². The molecule has 148 valence electrons. The number of halogens is 6. The Kier molecular flexibility index (Phi) is 11.6. The molecule has 0 spiro atoms. The topological polar surface area (TPSA) is 130 Å². The van der Waals surface area contributed by atoms with Gasteiger partial charge in [0.25, 0.3) is 0 Å². The Labute approximate surface area is 138 Å². The minimum atomic E-state index is -5.08. The molecule has 1 saturated heterocycles. The van der Waals surface area contributed by atoms with Crippen LogP contribution in [0.1, 0.15) is 25.7 Å². The van der Waals surface area contributed by atoms with Gasteiger partial charge in [0.05, 0.1) is 0 Å². The highest BCUT2D eigenvalue weighted by Crippen LogP contribution is 2.16. The fourth-order valence-electron chi connectivity index (χ4n) is 1.58. The zero-order chi connectivity index (χ0) is 20.3. The SMILES string of the molecule is NC(=O)CC1CCCNCC1.O=C(O)C(F)(F)F.O=C(O)C(F)(F)F. The first-order valence-electron chi connectivity index (χ1n) is 6.77. The van der Waals surface area contributed by atoms with Crippen molar-refractivity contribution in [1.82, 2.24) is 5.32 Å². The second-order valence-electron chi connectivity index (χ2n) is 4.82. The summed E-state index contributed by atoms with van der Waals surface area (Å²) in [6, 6.07) is 0. The normalized spacial score (nSPS) is 17.8. The minimum absolute atomic E-state index is 0.156. The Bertz CT molecular complexity index is 407. The van der Waals surface area contributed by atoms with Crippen LogP contribution in [0.25, 0.3) is 0 Å². The van der Waals surface area contributed by atoms with Crippen molar-refractivity contribution in [3.05, 3.63) is 0 Å². The van der Waals surface area contributed by atoms with Crippen LogP contribution in [-0.2, 0) is 14.4 Å². The number of carbonyl (C=O) groups excluding carboxylic acids is 1. The summed E-state index contributed by atoms with van der Waals surface area (Å²) in [5.41, 5.74) is 5.11. The van der Waals surface area contributed by atoms with E-state index in [1.807, 2.05) is 0 Å². The van der Waals surface area contributed by atoms with E-state index < -0.39 is 24.3 Å². The number of amides is 1. The molecule has 1 aliphatic rings. The molecule has 1 unspecified atom stereocenters. The molecular formula is C12H18F6N2O5. The molecule has 0 aromatic carbocycles. The van der Waals surface area contributed by atoms with Crippen molar-refractivity contribution < 1.29 is 50.9 Å². The van der Waals surface area contributed by atoms with Crippen molar-refractivity contribution in [2.75, 3.05) is 13.1 Å². The summed E-state index contributed by atoms with van der Waals surface area (Å²) < 4.78 is 63.5. The van der Waals surface area contributed by atoms with Gasteiger partial charge in [-0.3, -0.25) is 4.79 Å². The first-order valence-corrected chi connectivity index (χ1v) is 6.77. The van der Waals surface area contributed by atoms with Crippen LogP contribution in [0.4, 0.5) is 26.3 Å². The predicted octanol–water partition coefficient (Wildman–Crippen LogP) is 1.52. The van der Waals surface area contributed by atoms with E-state index in [-0.39, 0.29) is 5.91 Å². The van der Waals surface area contributed by atoms with Crippen LogP contribution in [0.15, 0.2) is 0 Å². The van der Waals surface area contributed by atoms with E-state index in [2.05, 4.69) is 5.32 Å². The van der Waals surface area contributed by atoms with Gasteiger partial charge in [-0.15, -0.1) is 0 Å². The molecule has 0 aromatic heterocycles. The molecule has 13 heteroatoms. The number of hydrogen-bond donors (Lipinski definition) is 4. The number of alkyl halides is 6. The molecule has 1 heterocycles. The van der Waals surface area contributed by atoms with Crippen molar-refractivity contribution >= 4 is 17.8 Å². The van der Waals surface area contributed by atoms with Crippen molar-refractivity contribution in [2.24, 2.45) is 11.7 Å². The molecule has 0 bridgehead atoms. The Morgan fingerprint density at radius 1 is 0.920 bits per heavy atom. The molecule has 25 heavy (non-hydrogen) atoms. The van der Waals surface area contributed by atoms with E-state index in [4.69, 9.17) is 25.5 Å². The van der Waals surface area contributed by atoms with Gasteiger partial charge in [-0.05, 0) is 38.3 Å². The summed E-state index contributed by atoms with van der Waals surface area (Å²) >= 11 is 0. The van der Waals surface area contributed by atoms with Crippen molar-refractivity contribution in [3.8, 4) is 0 Å². The fourth-order valence-corrected chi connectivity index (χ4v) is 1.58. The first-order chi connectivity index (χ1) is 11.2. The number of primary amides is 1. The molecule has 1 amide bonds. The molecule has 1 rings (SSSR count). The Morgan fingerprint density at radius 2 is 1.32 bits per heavy atom. The molecule has 1 fully saturated rings. The first kappa shape index (κ1) is 25.2. The second kappa shape index (κ2) is 11.5. The summed E-state index contributed by atoms with van der Waals surface area (Å²) in [6.07, 6.45) is -6.17. The van der Waals surface area contributed by atoms with Crippen molar-refractivity contribution in [1.29, 1.82) is 0 Å². The summed E-state index contributed by atoms with van der Waals surface area (Å²) in [5, 5.41) is 17.5. The zero-order valence-electron chi connectivity index (χ0n) is 12.8. The molecule has 0 radical (unpaired) electrons. The second-order valence-corrected chi connectivity index (χ2v) is 4.82. The maximum Gasteiger partial charge on any atom is 0.490 e. The fraction of sp³-hybridized carbons (Fsp3) is 0.750. The maximum atomic E-state index is 10.6. The molecule has 0 saturated carbocycles. The van der Waals surface area contributed by atoms with E-state index in [1.165, 1.54) is 6.42 Å². The van der Waals surface area contributed by atoms with Crippen LogP contribution in [0, 0.1) is 5.92 Å². The highest BCUT2D eigenvalue weighted by Gasteiger charge is 2.38. The average molecular weight is 384 g/mol. The molecule has 0 aliphatic carbocycles. The third-order valence-corrected chi connectivity index (χ3v) is 2.67. The standard InChI is InChI=1S/C8H16N2O.2C2HF3O2/c9-8(11)6-7-2-1-4-10-5-3-7;2*3-2(4,5)1(6)7/h7,10H,1-6H2,(H2,9,11);2*(H,6,7). The molecule has 1 aliphatic heterocycles. The highest BCUT2D eigenvalue weighted by molar-refractivity contribution is 5.74. The average Bonchev–Trinajstić information content (AvgIpc) is 2.65. The third-order valence-electron chi connectivity index (χ3n) is 2.67. The third kappa shape index (κ3) is 16.6. The van der Waals surface area contributed by atoms with Crippen LogP contribution in [0.3, 0.4) is 0 Å². The van der Waals surface area contributed by atoms with Gasteiger partial charge in [0.15, 0.2) is 0 Å². The number of rotatable bonds is 2. The number of aliphatic carboxylic acids is 2. The number of carboxylic acid groups (broad SMARTS) is 2. The Balaban J connectivity index is 0. The Morgan fingerprint density at radius 3 is 1.64 bits per heavy atom. The molecule has 1 atom stereocenters. The van der Waals surface area contributed by atoms with E-state index in [0.717, 1.165) is 25.9 Å². The smallest absolute Gasteiger partial charge is 0.475 e. The van der Waals surface area contributed by atoms with E-state index in [0.29, 0.717) is 12.3 Å². The van der Waals surface area contributed by atoms with Gasteiger partial charge in [-0.1, -0.05) is 0 Å². The van der Waals surface area contributed by atoms with E-state index in [1.54, 1.807) is 0 Å². The lowest BCUT2D eigenvalue weighted by Crippen LogP contribution is -2.21. The number of hydrogen-bond acceptors (Lipinski definition) is 4. The Hall–Kier alpha value is -2.05. The molecule has 5 N–H and O–H groups in total. The van der Waals surface area contributed by atoms with Gasteiger partial charge in [-0.25, -0.2) is 9.59 Å². The lowest BCUT2D eigenvalue weighted by Gasteiger charge is -2.09. The summed E-state index contributed by atoms with van der Waals surface area (Å²) in [4.78, 5) is 28.4. The highest BCUT2D eigenvalue weighted by atomic mass is 19.4.